The number of carboxylic acids is 1. The number of carbonyl (C=O) groups is 2. The van der Waals surface area contributed by atoms with Crippen LogP contribution in [0.1, 0.15) is 81.5 Å². The van der Waals surface area contributed by atoms with Gasteiger partial charge in [-0.2, -0.15) is 11.8 Å². The fraction of sp³-hybridized carbons (Fsp3) is 0.565. The molecule has 0 aliphatic carbocycles. The lowest BCUT2D eigenvalue weighted by atomic mass is 10.1. The molecule has 0 saturated carbocycles. The molecule has 4 nitrogen and oxygen atoms in total. The minimum atomic E-state index is -1.10. The van der Waals surface area contributed by atoms with E-state index in [0.717, 1.165) is 18.6 Å². The molecule has 0 aliphatic rings. The fourth-order valence-corrected chi connectivity index (χ4v) is 3.60. The van der Waals surface area contributed by atoms with Crippen molar-refractivity contribution in [3.8, 4) is 17.6 Å². The molecule has 0 bridgehead atoms. The van der Waals surface area contributed by atoms with Crippen LogP contribution in [0.15, 0.2) is 24.3 Å². The molecule has 1 aromatic carbocycles. The Kier molecular flexibility index (Phi) is 13.8. The fourth-order valence-electron chi connectivity index (χ4n) is 2.82. The van der Waals surface area contributed by atoms with Gasteiger partial charge in [0.2, 0.25) is 0 Å². The van der Waals surface area contributed by atoms with Gasteiger partial charge in [-0.3, -0.25) is 4.79 Å². The third kappa shape index (κ3) is 11.7. The summed E-state index contributed by atoms with van der Waals surface area (Å²) in [6.45, 7) is 1.89. The molecular formula is C23H32O4S. The second kappa shape index (κ2) is 16.1. The molecule has 5 heteroatoms. The van der Waals surface area contributed by atoms with Gasteiger partial charge in [0.1, 0.15) is 11.3 Å². The minimum Gasteiger partial charge on any atom is -0.478 e. The highest BCUT2D eigenvalue weighted by Crippen LogP contribution is 2.19. The number of rotatable bonds is 15. The van der Waals surface area contributed by atoms with Gasteiger partial charge in [0.15, 0.2) is 0 Å². The molecule has 28 heavy (non-hydrogen) atoms. The highest BCUT2D eigenvalue weighted by molar-refractivity contribution is 7.99. The largest absolute Gasteiger partial charge is 0.478 e. The van der Waals surface area contributed by atoms with E-state index in [2.05, 4.69) is 11.8 Å². The molecule has 0 radical (unpaired) electrons. The van der Waals surface area contributed by atoms with Crippen LogP contribution in [0.2, 0.25) is 0 Å². The summed E-state index contributed by atoms with van der Waals surface area (Å²) in [6, 6.07) is 6.20. The van der Waals surface area contributed by atoms with Crippen LogP contribution in [-0.2, 0) is 4.79 Å². The molecule has 1 rings (SSSR count). The maximum absolute atomic E-state index is 11.9. The van der Waals surface area contributed by atoms with Gasteiger partial charge in [-0.25, -0.2) is 4.79 Å². The Morgan fingerprint density at radius 1 is 0.964 bits per heavy atom. The molecule has 0 heterocycles. The van der Waals surface area contributed by atoms with E-state index in [4.69, 9.17) is 9.84 Å². The van der Waals surface area contributed by atoms with Gasteiger partial charge in [-0.1, -0.05) is 57.1 Å². The Morgan fingerprint density at radius 2 is 1.57 bits per heavy atom. The lowest BCUT2D eigenvalue weighted by Gasteiger charge is -2.07. The van der Waals surface area contributed by atoms with Crippen LogP contribution in [0.3, 0.4) is 0 Å². The van der Waals surface area contributed by atoms with Crippen LogP contribution in [0.5, 0.6) is 5.75 Å². The number of carbonyl (C=O) groups excluding carboxylic acids is 1. The zero-order chi connectivity index (χ0) is 20.5. The van der Waals surface area contributed by atoms with Crippen molar-refractivity contribution in [3.05, 3.63) is 29.8 Å². The lowest BCUT2D eigenvalue weighted by Crippen LogP contribution is -2.13. The van der Waals surface area contributed by atoms with Gasteiger partial charge in [-0.05, 0) is 37.7 Å². The van der Waals surface area contributed by atoms with Crippen molar-refractivity contribution in [2.24, 2.45) is 0 Å². The normalized spacial score (nSPS) is 10.2. The van der Waals surface area contributed by atoms with Gasteiger partial charge in [0, 0.05) is 6.42 Å². The average Bonchev–Trinajstić information content (AvgIpc) is 2.68. The standard InChI is InChI=1S/C23H32O4S/c1-2-3-4-5-6-7-8-9-10-11-12-15-18-28-19-22(24)27-21-17-14-13-16-20(21)23(25)26/h13-14,16-17H,4-12,15,18-19H2,1H3,(H,25,26). The van der Waals surface area contributed by atoms with E-state index in [1.807, 2.05) is 6.92 Å². The third-order valence-electron chi connectivity index (χ3n) is 4.33. The second-order valence-electron chi connectivity index (χ2n) is 6.69. The number of hydrogen-bond donors (Lipinski definition) is 1. The first-order chi connectivity index (χ1) is 13.6. The summed E-state index contributed by atoms with van der Waals surface area (Å²) < 4.78 is 5.17. The van der Waals surface area contributed by atoms with Crippen molar-refractivity contribution in [2.75, 3.05) is 11.5 Å². The SMILES string of the molecule is CC#CCCCCCCCCCCCSCC(=O)Oc1ccccc1C(=O)O. The molecule has 1 N–H and O–H groups in total. The minimum absolute atomic E-state index is 0.00971. The summed E-state index contributed by atoms with van der Waals surface area (Å²) in [7, 11) is 0. The molecule has 154 valence electrons. The van der Waals surface area contributed by atoms with Crippen molar-refractivity contribution in [3.63, 3.8) is 0 Å². The van der Waals surface area contributed by atoms with Crippen LogP contribution in [0.4, 0.5) is 0 Å². The first-order valence-electron chi connectivity index (χ1n) is 10.2. The first kappa shape index (κ1) is 24.1. The third-order valence-corrected chi connectivity index (χ3v) is 5.35. The van der Waals surface area contributed by atoms with Crippen LogP contribution < -0.4 is 4.74 Å². The summed E-state index contributed by atoms with van der Waals surface area (Å²) in [4.78, 5) is 23.0. The van der Waals surface area contributed by atoms with E-state index in [1.54, 1.807) is 23.9 Å². The van der Waals surface area contributed by atoms with Crippen molar-refractivity contribution in [2.45, 2.75) is 71.1 Å². The summed E-state index contributed by atoms with van der Waals surface area (Å²) in [6.07, 6.45) is 12.3. The summed E-state index contributed by atoms with van der Waals surface area (Å²) >= 11 is 1.54. The first-order valence-corrected chi connectivity index (χ1v) is 11.3. The zero-order valence-electron chi connectivity index (χ0n) is 16.9. The Bertz CT molecular complexity index is 645. The van der Waals surface area contributed by atoms with E-state index in [0.29, 0.717) is 0 Å². The number of aromatic carboxylic acids is 1. The number of benzene rings is 1. The Labute approximate surface area is 173 Å². The Balaban J connectivity index is 1.97. The van der Waals surface area contributed by atoms with Gasteiger partial charge in [-0.15, -0.1) is 11.8 Å². The number of thioether (sulfide) groups is 1. The van der Waals surface area contributed by atoms with Crippen molar-refractivity contribution < 1.29 is 19.4 Å². The topological polar surface area (TPSA) is 63.6 Å². The van der Waals surface area contributed by atoms with E-state index >= 15 is 0 Å². The van der Waals surface area contributed by atoms with Crippen LogP contribution >= 0.6 is 11.8 Å². The molecule has 0 atom stereocenters. The zero-order valence-corrected chi connectivity index (χ0v) is 17.7. The predicted molar refractivity (Wildman–Crippen MR) is 116 cm³/mol. The molecule has 0 fully saturated rings. The second-order valence-corrected chi connectivity index (χ2v) is 7.79. The molecule has 0 unspecified atom stereocenters. The maximum atomic E-state index is 11.9. The maximum Gasteiger partial charge on any atom is 0.339 e. The van der Waals surface area contributed by atoms with E-state index in [-0.39, 0.29) is 17.1 Å². The molecule has 0 aliphatic heterocycles. The molecular weight excluding hydrogens is 372 g/mol. The van der Waals surface area contributed by atoms with Crippen LogP contribution in [0, 0.1) is 11.8 Å². The molecule has 0 saturated heterocycles. The number of hydrogen-bond acceptors (Lipinski definition) is 4. The molecule has 0 amide bonds. The Hall–Kier alpha value is -1.93. The van der Waals surface area contributed by atoms with Gasteiger partial charge >= 0.3 is 11.9 Å². The quantitative estimate of drug-likeness (QED) is 0.169. The Morgan fingerprint density at radius 3 is 2.21 bits per heavy atom. The summed E-state index contributed by atoms with van der Waals surface area (Å²) in [5.41, 5.74) is 0.00971. The number of ether oxygens (including phenoxy) is 1. The van der Waals surface area contributed by atoms with Crippen molar-refractivity contribution in [1.29, 1.82) is 0 Å². The number of para-hydroxylation sites is 1. The number of unbranched alkanes of at least 4 members (excludes halogenated alkanes) is 9. The van der Waals surface area contributed by atoms with E-state index < -0.39 is 11.9 Å². The van der Waals surface area contributed by atoms with Crippen LogP contribution in [0.25, 0.3) is 0 Å². The predicted octanol–water partition coefficient (Wildman–Crippen LogP) is 5.95. The summed E-state index contributed by atoms with van der Waals surface area (Å²) in [5.74, 6) is 5.82. The molecule has 1 aromatic rings. The summed E-state index contributed by atoms with van der Waals surface area (Å²) in [5, 5.41) is 9.09. The van der Waals surface area contributed by atoms with Gasteiger partial charge in [0.05, 0.1) is 5.75 Å². The smallest absolute Gasteiger partial charge is 0.339 e. The number of esters is 1. The average molecular weight is 405 g/mol. The van der Waals surface area contributed by atoms with Crippen LogP contribution in [-0.4, -0.2) is 28.6 Å². The highest BCUT2D eigenvalue weighted by atomic mass is 32.2. The van der Waals surface area contributed by atoms with Gasteiger partial charge < -0.3 is 9.84 Å². The number of carboxylic acid groups (broad SMARTS) is 1. The highest BCUT2D eigenvalue weighted by Gasteiger charge is 2.13. The molecule has 0 spiro atoms. The van der Waals surface area contributed by atoms with Crippen molar-refractivity contribution in [1.82, 2.24) is 0 Å². The molecule has 0 aromatic heterocycles. The van der Waals surface area contributed by atoms with E-state index in [1.165, 1.54) is 63.5 Å². The van der Waals surface area contributed by atoms with Crippen molar-refractivity contribution >= 4 is 23.7 Å². The van der Waals surface area contributed by atoms with E-state index in [9.17, 15) is 9.59 Å². The monoisotopic (exact) mass is 404 g/mol. The van der Waals surface area contributed by atoms with Gasteiger partial charge in [0.25, 0.3) is 0 Å². The lowest BCUT2D eigenvalue weighted by molar-refractivity contribution is -0.131.